The van der Waals surface area contributed by atoms with Gasteiger partial charge in [0.05, 0.1) is 18.8 Å². The van der Waals surface area contributed by atoms with Crippen LogP contribution in [-0.2, 0) is 16.8 Å². The Morgan fingerprint density at radius 1 is 0.913 bits per heavy atom. The fourth-order valence-electron chi connectivity index (χ4n) is 3.18. The normalized spacial score (nSPS) is 18.5. The molecule has 1 atom stereocenters. The molecule has 1 heterocycles. The maximum absolute atomic E-state index is 11.4. The maximum Gasteiger partial charge on any atom is 0.0948 e. The van der Waals surface area contributed by atoms with Gasteiger partial charge >= 0.3 is 0 Å². The highest BCUT2D eigenvalue weighted by Crippen LogP contribution is 2.29. The van der Waals surface area contributed by atoms with Crippen molar-refractivity contribution >= 4 is 0 Å². The first-order valence-electron chi connectivity index (χ1n) is 8.38. The summed E-state index contributed by atoms with van der Waals surface area (Å²) in [5.74, 6) is 0. The van der Waals surface area contributed by atoms with Crippen molar-refractivity contribution in [2.75, 3.05) is 32.8 Å². The van der Waals surface area contributed by atoms with Crippen LogP contribution in [0.2, 0.25) is 0 Å². The van der Waals surface area contributed by atoms with E-state index in [-0.39, 0.29) is 0 Å². The van der Waals surface area contributed by atoms with E-state index in [1.807, 2.05) is 48.5 Å². The number of benzene rings is 2. The Balaban J connectivity index is 1.75. The van der Waals surface area contributed by atoms with E-state index >= 15 is 0 Å². The molecule has 1 unspecified atom stereocenters. The lowest BCUT2D eigenvalue weighted by Gasteiger charge is -2.33. The Kier molecular flexibility index (Phi) is 5.44. The van der Waals surface area contributed by atoms with Gasteiger partial charge in [-0.1, -0.05) is 60.7 Å². The molecule has 3 rings (SSSR count). The van der Waals surface area contributed by atoms with Crippen LogP contribution in [0, 0.1) is 0 Å². The smallest absolute Gasteiger partial charge is 0.0948 e. The molecule has 1 saturated heterocycles. The molecule has 0 bridgehead atoms. The third-order valence-corrected chi connectivity index (χ3v) is 4.60. The van der Waals surface area contributed by atoms with Crippen molar-refractivity contribution in [1.82, 2.24) is 4.90 Å². The lowest BCUT2D eigenvalue weighted by molar-refractivity contribution is -0.00451. The van der Waals surface area contributed by atoms with Crippen LogP contribution in [0.25, 0.3) is 0 Å². The second kappa shape index (κ2) is 7.73. The van der Waals surface area contributed by atoms with Gasteiger partial charge < -0.3 is 9.84 Å². The summed E-state index contributed by atoms with van der Waals surface area (Å²) in [5.41, 5.74) is 1.33. The molecule has 2 aromatic carbocycles. The van der Waals surface area contributed by atoms with Gasteiger partial charge in [0.1, 0.15) is 0 Å². The highest BCUT2D eigenvalue weighted by molar-refractivity contribution is 5.27. The van der Waals surface area contributed by atoms with E-state index in [0.717, 1.165) is 44.8 Å². The van der Waals surface area contributed by atoms with Crippen molar-refractivity contribution in [1.29, 1.82) is 0 Å². The van der Waals surface area contributed by atoms with Gasteiger partial charge in [-0.3, -0.25) is 4.90 Å². The van der Waals surface area contributed by atoms with Crippen LogP contribution in [0.4, 0.5) is 0 Å². The van der Waals surface area contributed by atoms with Gasteiger partial charge in [-0.2, -0.15) is 0 Å². The molecule has 0 aromatic heterocycles. The van der Waals surface area contributed by atoms with E-state index in [0.29, 0.717) is 6.42 Å². The summed E-state index contributed by atoms with van der Waals surface area (Å²) in [7, 11) is 0. The predicted molar refractivity (Wildman–Crippen MR) is 92.4 cm³/mol. The topological polar surface area (TPSA) is 32.7 Å². The van der Waals surface area contributed by atoms with Gasteiger partial charge in [0.25, 0.3) is 0 Å². The molecule has 2 aromatic rings. The van der Waals surface area contributed by atoms with Crippen molar-refractivity contribution in [3.63, 3.8) is 0 Å². The predicted octanol–water partition coefficient (Wildman–Crippen LogP) is 2.84. The van der Waals surface area contributed by atoms with E-state index in [9.17, 15) is 5.11 Å². The van der Waals surface area contributed by atoms with Crippen LogP contribution >= 0.6 is 0 Å². The third kappa shape index (κ3) is 4.41. The summed E-state index contributed by atoms with van der Waals surface area (Å²) in [6.07, 6.45) is 1.37. The summed E-state index contributed by atoms with van der Waals surface area (Å²) in [6.45, 7) is 4.39. The summed E-state index contributed by atoms with van der Waals surface area (Å²) in [4.78, 5) is 2.38. The Bertz CT molecular complexity index is 581. The fraction of sp³-hybridized carbons (Fsp3) is 0.400. The van der Waals surface area contributed by atoms with Crippen LogP contribution in [0.15, 0.2) is 60.7 Å². The lowest BCUT2D eigenvalue weighted by atomic mass is 9.84. The van der Waals surface area contributed by atoms with E-state index < -0.39 is 5.60 Å². The molecule has 3 heteroatoms. The largest absolute Gasteiger partial charge is 0.385 e. The van der Waals surface area contributed by atoms with Crippen LogP contribution in [0.5, 0.6) is 0 Å². The average molecular weight is 311 g/mol. The summed E-state index contributed by atoms with van der Waals surface area (Å²) in [6, 6.07) is 20.3. The Morgan fingerprint density at radius 3 is 2.17 bits per heavy atom. The third-order valence-electron chi connectivity index (χ3n) is 4.60. The van der Waals surface area contributed by atoms with Crippen molar-refractivity contribution < 1.29 is 9.84 Å². The number of nitrogens with zero attached hydrogens (tertiary/aromatic N) is 1. The molecule has 0 spiro atoms. The summed E-state index contributed by atoms with van der Waals surface area (Å²) >= 11 is 0. The van der Waals surface area contributed by atoms with Crippen LogP contribution < -0.4 is 0 Å². The zero-order valence-corrected chi connectivity index (χ0v) is 13.5. The first kappa shape index (κ1) is 16.2. The zero-order valence-electron chi connectivity index (χ0n) is 13.5. The molecule has 3 nitrogen and oxygen atoms in total. The molecular weight excluding hydrogens is 286 g/mol. The standard InChI is InChI=1S/C20H25NO2/c22-20(19-9-5-2-6-10-19,17-18-7-3-1-4-8-18)11-12-21-13-15-23-16-14-21/h1-10,22H,11-17H2. The second-order valence-corrected chi connectivity index (χ2v) is 6.26. The Morgan fingerprint density at radius 2 is 1.52 bits per heavy atom. The SMILES string of the molecule is OC(CCN1CCOCC1)(Cc1ccccc1)c1ccccc1. The quantitative estimate of drug-likeness (QED) is 0.890. The molecule has 23 heavy (non-hydrogen) atoms. The van der Waals surface area contributed by atoms with Gasteiger partial charge in [-0.25, -0.2) is 0 Å². The first-order valence-corrected chi connectivity index (χ1v) is 8.38. The number of hydrogen-bond acceptors (Lipinski definition) is 3. The molecule has 0 aliphatic carbocycles. The Hall–Kier alpha value is -1.68. The molecule has 1 aliphatic rings. The van der Waals surface area contributed by atoms with Gasteiger partial charge in [-0.05, 0) is 17.5 Å². The molecule has 1 fully saturated rings. The van der Waals surface area contributed by atoms with Gasteiger partial charge in [-0.15, -0.1) is 0 Å². The van der Waals surface area contributed by atoms with E-state index in [4.69, 9.17) is 4.74 Å². The fourth-order valence-corrected chi connectivity index (χ4v) is 3.18. The van der Waals surface area contributed by atoms with Crippen molar-refractivity contribution in [3.8, 4) is 0 Å². The first-order chi connectivity index (χ1) is 11.3. The minimum atomic E-state index is -0.832. The van der Waals surface area contributed by atoms with E-state index in [1.165, 1.54) is 5.56 Å². The highest BCUT2D eigenvalue weighted by Gasteiger charge is 2.30. The maximum atomic E-state index is 11.4. The minimum Gasteiger partial charge on any atom is -0.385 e. The number of morpholine rings is 1. The zero-order chi connectivity index (χ0) is 16.0. The average Bonchev–Trinajstić information content (AvgIpc) is 2.63. The van der Waals surface area contributed by atoms with Crippen LogP contribution in [-0.4, -0.2) is 42.9 Å². The molecule has 0 radical (unpaired) electrons. The Labute approximate surface area is 138 Å². The molecule has 0 saturated carbocycles. The van der Waals surface area contributed by atoms with Gasteiger partial charge in [0.2, 0.25) is 0 Å². The number of hydrogen-bond donors (Lipinski definition) is 1. The molecule has 1 aliphatic heterocycles. The summed E-state index contributed by atoms with van der Waals surface area (Å²) < 4.78 is 5.41. The number of rotatable bonds is 6. The molecule has 0 amide bonds. The van der Waals surface area contributed by atoms with E-state index in [2.05, 4.69) is 17.0 Å². The van der Waals surface area contributed by atoms with Crippen molar-refractivity contribution in [3.05, 3.63) is 71.8 Å². The summed E-state index contributed by atoms with van der Waals surface area (Å²) in [5, 5.41) is 11.4. The minimum absolute atomic E-state index is 0.641. The van der Waals surface area contributed by atoms with Crippen molar-refractivity contribution in [2.24, 2.45) is 0 Å². The molecule has 1 N–H and O–H groups in total. The lowest BCUT2D eigenvalue weighted by Crippen LogP contribution is -2.40. The van der Waals surface area contributed by atoms with Gasteiger partial charge in [0, 0.05) is 26.1 Å². The van der Waals surface area contributed by atoms with Crippen molar-refractivity contribution in [2.45, 2.75) is 18.4 Å². The monoisotopic (exact) mass is 311 g/mol. The van der Waals surface area contributed by atoms with Gasteiger partial charge in [0.15, 0.2) is 0 Å². The highest BCUT2D eigenvalue weighted by atomic mass is 16.5. The number of aliphatic hydroxyl groups is 1. The number of ether oxygens (including phenoxy) is 1. The second-order valence-electron chi connectivity index (χ2n) is 6.26. The molecule has 122 valence electrons. The molecular formula is C20H25NO2. The van der Waals surface area contributed by atoms with Crippen LogP contribution in [0.3, 0.4) is 0 Å². The van der Waals surface area contributed by atoms with E-state index in [1.54, 1.807) is 0 Å². The van der Waals surface area contributed by atoms with Crippen LogP contribution in [0.1, 0.15) is 17.5 Å².